The Balaban J connectivity index is 1.75. The minimum atomic E-state index is -0.304. The average molecular weight is 376 g/mol. The molecule has 0 aliphatic heterocycles. The van der Waals surface area contributed by atoms with E-state index in [4.69, 9.17) is 17.0 Å². The molecule has 0 saturated heterocycles. The molecule has 0 unspecified atom stereocenters. The molecule has 132 valence electrons. The molecule has 1 aliphatic carbocycles. The number of nitrogens with one attached hydrogen (secondary N) is 2. The van der Waals surface area contributed by atoms with Crippen molar-refractivity contribution in [3.05, 3.63) is 46.1 Å². The molecule has 25 heavy (non-hydrogen) atoms. The molecule has 0 aromatic carbocycles. The second-order valence-electron chi connectivity index (χ2n) is 6.18. The van der Waals surface area contributed by atoms with E-state index in [1.54, 1.807) is 17.5 Å². The average Bonchev–Trinajstić information content (AvgIpc) is 2.97. The lowest BCUT2D eigenvalue weighted by atomic mass is 9.88. The Hall–Kier alpha value is -1.99. The van der Waals surface area contributed by atoms with Crippen LogP contribution >= 0.6 is 23.6 Å². The molecule has 0 amide bonds. The van der Waals surface area contributed by atoms with E-state index in [0.29, 0.717) is 23.1 Å². The van der Waals surface area contributed by atoms with Crippen molar-refractivity contribution in [1.82, 2.24) is 10.3 Å². The number of thiocarbonyl (C=S) groups is 1. The van der Waals surface area contributed by atoms with Gasteiger partial charge in [0, 0.05) is 11.1 Å². The number of nitrogens with zero attached hydrogens (tertiary/aromatic N) is 1. The molecule has 2 aromatic heterocycles. The Kier molecular flexibility index (Phi) is 5.65. The van der Waals surface area contributed by atoms with Crippen LogP contribution in [0.1, 0.15) is 39.8 Å². The van der Waals surface area contributed by atoms with Gasteiger partial charge in [-0.2, -0.15) is 0 Å². The summed E-state index contributed by atoms with van der Waals surface area (Å²) in [5, 5.41) is 7.55. The fraction of sp³-hybridized carbons (Fsp3) is 0.389. The van der Waals surface area contributed by atoms with Crippen molar-refractivity contribution in [2.75, 3.05) is 12.4 Å². The van der Waals surface area contributed by atoms with Crippen LogP contribution in [-0.4, -0.2) is 23.2 Å². The molecule has 3 rings (SSSR count). The highest BCUT2D eigenvalue weighted by atomic mass is 32.1. The Bertz CT molecular complexity index is 774. The number of carbonyl (C=O) groups is 1. The summed E-state index contributed by atoms with van der Waals surface area (Å²) < 4.78 is 4.99. The molecule has 0 saturated carbocycles. The van der Waals surface area contributed by atoms with E-state index in [1.807, 2.05) is 18.2 Å². The van der Waals surface area contributed by atoms with Crippen molar-refractivity contribution in [2.24, 2.45) is 5.92 Å². The van der Waals surface area contributed by atoms with Crippen molar-refractivity contribution in [1.29, 1.82) is 0 Å². The Morgan fingerprint density at radius 1 is 1.48 bits per heavy atom. The van der Waals surface area contributed by atoms with Gasteiger partial charge in [0.25, 0.3) is 0 Å². The summed E-state index contributed by atoms with van der Waals surface area (Å²) in [5.74, 6) is 0.334. The summed E-state index contributed by atoms with van der Waals surface area (Å²) in [7, 11) is 1.42. The zero-order chi connectivity index (χ0) is 17.8. The van der Waals surface area contributed by atoms with Crippen LogP contribution in [0, 0.1) is 5.92 Å². The number of methoxy groups -OCH3 is 1. The molecule has 1 atom stereocenters. The highest BCUT2D eigenvalue weighted by molar-refractivity contribution is 7.80. The molecule has 5 nitrogen and oxygen atoms in total. The van der Waals surface area contributed by atoms with Crippen LogP contribution in [0.15, 0.2) is 24.4 Å². The molecule has 2 heterocycles. The summed E-state index contributed by atoms with van der Waals surface area (Å²) in [6.07, 6.45) is 4.75. The topological polar surface area (TPSA) is 63.2 Å². The normalized spacial score (nSPS) is 16.0. The quantitative estimate of drug-likeness (QED) is 0.630. The number of anilines is 1. The van der Waals surface area contributed by atoms with Crippen LogP contribution in [0.3, 0.4) is 0 Å². The monoisotopic (exact) mass is 375 g/mol. The van der Waals surface area contributed by atoms with Crippen molar-refractivity contribution in [3.63, 3.8) is 0 Å². The van der Waals surface area contributed by atoms with E-state index < -0.39 is 0 Å². The number of pyridine rings is 1. The van der Waals surface area contributed by atoms with Crippen LogP contribution in [0.25, 0.3) is 0 Å². The molecule has 0 spiro atoms. The van der Waals surface area contributed by atoms with E-state index in [1.165, 1.54) is 12.0 Å². The number of hydrogen-bond donors (Lipinski definition) is 2. The molecular weight excluding hydrogens is 354 g/mol. The van der Waals surface area contributed by atoms with Gasteiger partial charge in [0.15, 0.2) is 5.11 Å². The van der Waals surface area contributed by atoms with Gasteiger partial charge >= 0.3 is 5.97 Å². The summed E-state index contributed by atoms with van der Waals surface area (Å²) in [4.78, 5) is 17.8. The zero-order valence-electron chi connectivity index (χ0n) is 14.3. The second-order valence-corrected chi connectivity index (χ2v) is 7.69. The number of hydrogen-bond acceptors (Lipinski definition) is 5. The maximum absolute atomic E-state index is 12.3. The Morgan fingerprint density at radius 2 is 2.32 bits per heavy atom. The minimum absolute atomic E-state index is 0.304. The third-order valence-corrected chi connectivity index (χ3v) is 5.70. The molecular formula is C18H21N3O2S2. The number of rotatable bonds is 4. The molecule has 0 bridgehead atoms. The van der Waals surface area contributed by atoms with E-state index in [0.717, 1.165) is 35.5 Å². The van der Waals surface area contributed by atoms with E-state index in [-0.39, 0.29) is 5.97 Å². The number of fused-ring (bicyclic) bond motifs is 1. The highest BCUT2D eigenvalue weighted by Gasteiger charge is 2.28. The fourth-order valence-corrected chi connectivity index (χ4v) is 4.62. The first-order valence-corrected chi connectivity index (χ1v) is 9.48. The van der Waals surface area contributed by atoms with Gasteiger partial charge in [0.2, 0.25) is 0 Å². The highest BCUT2D eigenvalue weighted by Crippen LogP contribution is 2.39. The van der Waals surface area contributed by atoms with E-state index >= 15 is 0 Å². The maximum atomic E-state index is 12.3. The lowest BCUT2D eigenvalue weighted by molar-refractivity contribution is 0.0601. The van der Waals surface area contributed by atoms with Crippen LogP contribution in [-0.2, 0) is 24.1 Å². The first-order chi connectivity index (χ1) is 12.1. The van der Waals surface area contributed by atoms with Crippen LogP contribution < -0.4 is 10.6 Å². The van der Waals surface area contributed by atoms with Gasteiger partial charge in [-0.15, -0.1) is 11.3 Å². The van der Waals surface area contributed by atoms with Gasteiger partial charge in [-0.25, -0.2) is 4.79 Å². The third kappa shape index (κ3) is 4.16. The Morgan fingerprint density at radius 3 is 3.04 bits per heavy atom. The predicted octanol–water partition coefficient (Wildman–Crippen LogP) is 3.54. The van der Waals surface area contributed by atoms with Crippen LogP contribution in [0.4, 0.5) is 5.00 Å². The zero-order valence-corrected chi connectivity index (χ0v) is 15.9. The number of carbonyl (C=O) groups excluding carboxylic acids is 1. The summed E-state index contributed by atoms with van der Waals surface area (Å²) in [6, 6.07) is 5.74. The summed E-state index contributed by atoms with van der Waals surface area (Å²) in [5.41, 5.74) is 2.65. The largest absolute Gasteiger partial charge is 0.465 e. The van der Waals surface area contributed by atoms with Crippen molar-refractivity contribution in [3.8, 4) is 0 Å². The molecule has 2 aromatic rings. The number of thiophene rings is 1. The number of ether oxygens (including phenoxy) is 1. The van der Waals surface area contributed by atoms with Gasteiger partial charge in [-0.05, 0) is 55.1 Å². The van der Waals surface area contributed by atoms with Gasteiger partial charge < -0.3 is 15.4 Å². The number of esters is 1. The molecule has 2 N–H and O–H groups in total. The molecule has 1 aliphatic rings. The lowest BCUT2D eigenvalue weighted by Crippen LogP contribution is -2.28. The van der Waals surface area contributed by atoms with Crippen LogP contribution in [0.5, 0.6) is 0 Å². The second kappa shape index (κ2) is 7.93. The number of aromatic nitrogens is 1. The summed E-state index contributed by atoms with van der Waals surface area (Å²) in [6.45, 7) is 2.77. The molecule has 0 fully saturated rings. The van der Waals surface area contributed by atoms with Gasteiger partial charge in [0.05, 0.1) is 24.9 Å². The lowest BCUT2D eigenvalue weighted by Gasteiger charge is -2.18. The van der Waals surface area contributed by atoms with Crippen molar-refractivity contribution in [2.45, 2.75) is 32.7 Å². The first kappa shape index (κ1) is 17.8. The van der Waals surface area contributed by atoms with E-state index in [9.17, 15) is 4.79 Å². The minimum Gasteiger partial charge on any atom is -0.465 e. The summed E-state index contributed by atoms with van der Waals surface area (Å²) >= 11 is 6.99. The SMILES string of the molecule is COC(=O)c1c(NC(=S)NCc2ccccn2)sc2c1CC[C@@H](C)C2. The third-order valence-electron chi connectivity index (χ3n) is 4.28. The Labute approximate surface area is 156 Å². The van der Waals surface area contributed by atoms with Gasteiger partial charge in [-0.1, -0.05) is 13.0 Å². The molecule has 0 radical (unpaired) electrons. The van der Waals surface area contributed by atoms with Crippen molar-refractivity contribution >= 4 is 39.6 Å². The fourth-order valence-electron chi connectivity index (χ4n) is 2.98. The van der Waals surface area contributed by atoms with Crippen LogP contribution in [0.2, 0.25) is 0 Å². The predicted molar refractivity (Wildman–Crippen MR) is 104 cm³/mol. The smallest absolute Gasteiger partial charge is 0.341 e. The molecule has 7 heteroatoms. The van der Waals surface area contributed by atoms with E-state index in [2.05, 4.69) is 22.5 Å². The van der Waals surface area contributed by atoms with Crippen molar-refractivity contribution < 1.29 is 9.53 Å². The standard InChI is InChI=1S/C18H21N3O2S2/c1-11-6-7-13-14(9-11)25-16(15(13)17(22)23-2)21-18(24)20-10-12-5-3-4-8-19-12/h3-5,8,11H,6-7,9-10H2,1-2H3,(H2,20,21,24)/t11-/m1/s1. The van der Waals surface area contributed by atoms with Gasteiger partial charge in [0.1, 0.15) is 5.00 Å². The first-order valence-electron chi connectivity index (χ1n) is 8.26. The maximum Gasteiger partial charge on any atom is 0.341 e. The van der Waals surface area contributed by atoms with Gasteiger partial charge in [-0.3, -0.25) is 4.98 Å².